The Hall–Kier alpha value is -2.55. The van der Waals surface area contributed by atoms with Gasteiger partial charge in [-0.05, 0) is 37.0 Å². The number of aromatic amines is 1. The third kappa shape index (κ3) is 2.63. The van der Waals surface area contributed by atoms with Crippen LogP contribution in [0.15, 0.2) is 53.3 Å². The zero-order chi connectivity index (χ0) is 16.6. The van der Waals surface area contributed by atoms with E-state index in [1.54, 1.807) is 4.68 Å². The van der Waals surface area contributed by atoms with Crippen LogP contribution in [0.4, 0.5) is 0 Å². The third-order valence-corrected chi connectivity index (χ3v) is 4.27. The van der Waals surface area contributed by atoms with Crippen molar-refractivity contribution < 1.29 is 0 Å². The van der Waals surface area contributed by atoms with E-state index in [2.05, 4.69) is 38.0 Å². The van der Waals surface area contributed by atoms with Gasteiger partial charge in [-0.1, -0.05) is 56.3 Å². The van der Waals surface area contributed by atoms with E-state index >= 15 is 0 Å². The molecule has 118 valence electrons. The first-order valence-corrected chi connectivity index (χ1v) is 7.97. The Labute approximate surface area is 136 Å². The number of para-hydroxylation sites is 1. The fourth-order valence-electron chi connectivity index (χ4n) is 3.03. The van der Waals surface area contributed by atoms with E-state index in [-0.39, 0.29) is 11.5 Å². The van der Waals surface area contributed by atoms with Gasteiger partial charge in [0.25, 0.3) is 5.56 Å². The second-order valence-electron chi connectivity index (χ2n) is 6.30. The highest BCUT2D eigenvalue weighted by molar-refractivity contribution is 5.67. The Kier molecular flexibility index (Phi) is 3.95. The van der Waals surface area contributed by atoms with Gasteiger partial charge in [-0.15, -0.1) is 0 Å². The predicted molar refractivity (Wildman–Crippen MR) is 95.4 cm³/mol. The van der Waals surface area contributed by atoms with Gasteiger partial charge in [0.15, 0.2) is 0 Å². The van der Waals surface area contributed by atoms with Gasteiger partial charge in [0.1, 0.15) is 0 Å². The fraction of sp³-hybridized carbons (Fsp3) is 0.250. The lowest BCUT2D eigenvalue weighted by atomic mass is 9.97. The lowest BCUT2D eigenvalue weighted by molar-refractivity contribution is 0.821. The number of nitrogens with one attached hydrogen (secondary N) is 1. The van der Waals surface area contributed by atoms with Crippen molar-refractivity contribution in [2.24, 2.45) is 0 Å². The molecule has 1 N–H and O–H groups in total. The largest absolute Gasteiger partial charge is 0.290 e. The second kappa shape index (κ2) is 5.92. The number of aromatic nitrogens is 2. The first kappa shape index (κ1) is 15.3. The van der Waals surface area contributed by atoms with Gasteiger partial charge in [-0.2, -0.15) is 0 Å². The molecule has 0 unspecified atom stereocenters. The quantitative estimate of drug-likeness (QED) is 0.756. The molecule has 3 heteroatoms. The van der Waals surface area contributed by atoms with Crippen LogP contribution >= 0.6 is 0 Å². The number of hydrogen-bond acceptors (Lipinski definition) is 1. The van der Waals surface area contributed by atoms with E-state index in [9.17, 15) is 4.79 Å². The van der Waals surface area contributed by atoms with E-state index in [1.807, 2.05) is 43.3 Å². The van der Waals surface area contributed by atoms with Crippen LogP contribution in [0.5, 0.6) is 0 Å². The van der Waals surface area contributed by atoms with E-state index in [0.29, 0.717) is 0 Å². The molecule has 1 aromatic heterocycles. The van der Waals surface area contributed by atoms with E-state index in [0.717, 1.165) is 33.6 Å². The van der Waals surface area contributed by atoms with Crippen molar-refractivity contribution in [2.45, 2.75) is 33.6 Å². The van der Waals surface area contributed by atoms with Crippen LogP contribution in [-0.4, -0.2) is 9.78 Å². The Morgan fingerprint density at radius 1 is 0.913 bits per heavy atom. The third-order valence-electron chi connectivity index (χ3n) is 4.27. The molecule has 0 fully saturated rings. The van der Waals surface area contributed by atoms with Crippen molar-refractivity contribution in [3.05, 3.63) is 75.6 Å². The average Bonchev–Trinajstić information content (AvgIpc) is 2.85. The first-order chi connectivity index (χ1) is 11.0. The maximum Gasteiger partial charge on any atom is 0.275 e. The molecule has 0 atom stereocenters. The van der Waals surface area contributed by atoms with Crippen LogP contribution in [0.25, 0.3) is 16.9 Å². The van der Waals surface area contributed by atoms with Crippen LogP contribution in [-0.2, 0) is 0 Å². The summed E-state index contributed by atoms with van der Waals surface area (Å²) in [7, 11) is 0. The van der Waals surface area contributed by atoms with Crippen molar-refractivity contribution in [1.29, 1.82) is 0 Å². The van der Waals surface area contributed by atoms with Crippen LogP contribution < -0.4 is 5.56 Å². The summed E-state index contributed by atoms with van der Waals surface area (Å²) in [6.45, 7) is 8.22. The molecule has 3 nitrogen and oxygen atoms in total. The van der Waals surface area contributed by atoms with E-state index < -0.39 is 0 Å². The fourth-order valence-corrected chi connectivity index (χ4v) is 3.03. The summed E-state index contributed by atoms with van der Waals surface area (Å²) < 4.78 is 1.67. The Bertz CT molecular complexity index is 900. The molecule has 0 spiro atoms. The van der Waals surface area contributed by atoms with E-state index in [1.165, 1.54) is 0 Å². The number of benzene rings is 2. The molecule has 23 heavy (non-hydrogen) atoms. The molecule has 0 aliphatic heterocycles. The van der Waals surface area contributed by atoms with Crippen LogP contribution in [0, 0.1) is 13.8 Å². The zero-order valence-corrected chi connectivity index (χ0v) is 14.1. The highest BCUT2D eigenvalue weighted by Gasteiger charge is 2.20. The molecular weight excluding hydrogens is 284 g/mol. The maximum atomic E-state index is 13.0. The average molecular weight is 306 g/mol. The smallest absolute Gasteiger partial charge is 0.275 e. The molecular formula is C20H22N2O. The first-order valence-electron chi connectivity index (χ1n) is 7.97. The summed E-state index contributed by atoms with van der Waals surface area (Å²) in [6, 6.07) is 16.1. The van der Waals surface area contributed by atoms with Crippen LogP contribution in [0.3, 0.4) is 0 Å². The normalized spacial score (nSPS) is 11.2. The van der Waals surface area contributed by atoms with Gasteiger partial charge >= 0.3 is 0 Å². The summed E-state index contributed by atoms with van der Waals surface area (Å²) in [6.07, 6.45) is 0. The van der Waals surface area contributed by atoms with Gasteiger partial charge in [0.05, 0.1) is 11.4 Å². The second-order valence-corrected chi connectivity index (χ2v) is 6.30. The van der Waals surface area contributed by atoms with Crippen LogP contribution in [0.2, 0.25) is 0 Å². The van der Waals surface area contributed by atoms with Crippen LogP contribution in [0.1, 0.15) is 36.5 Å². The lowest BCUT2D eigenvalue weighted by Crippen LogP contribution is -2.18. The molecule has 0 aliphatic rings. The minimum absolute atomic E-state index is 0.0348. The standard InChI is InChI=1S/C20H22N2O/c1-13(2)18-19(16-11-7-5-9-14(16)3)21-22(20(18)23)17-12-8-6-10-15(17)4/h5-13,21H,1-4H3. The highest BCUT2D eigenvalue weighted by Crippen LogP contribution is 2.28. The van der Waals surface area contributed by atoms with Gasteiger partial charge in [-0.3, -0.25) is 9.89 Å². The SMILES string of the molecule is Cc1ccccc1-c1[nH]n(-c2ccccc2C)c(=O)c1C(C)C. The Balaban J connectivity index is 2.31. The Morgan fingerprint density at radius 2 is 1.52 bits per heavy atom. The summed E-state index contributed by atoms with van der Waals surface area (Å²) in [4.78, 5) is 13.0. The molecule has 0 bridgehead atoms. The molecule has 3 aromatic rings. The molecule has 0 saturated heterocycles. The van der Waals surface area contributed by atoms with Gasteiger partial charge in [0.2, 0.25) is 0 Å². The summed E-state index contributed by atoms with van der Waals surface area (Å²) >= 11 is 0. The number of H-pyrrole nitrogens is 1. The summed E-state index contributed by atoms with van der Waals surface area (Å²) in [5.74, 6) is 0.152. The number of nitrogens with zero attached hydrogens (tertiary/aromatic N) is 1. The van der Waals surface area contributed by atoms with Gasteiger partial charge in [-0.25, -0.2) is 4.68 Å². The van der Waals surface area contributed by atoms with Crippen molar-refractivity contribution in [3.63, 3.8) is 0 Å². The zero-order valence-electron chi connectivity index (χ0n) is 14.1. The van der Waals surface area contributed by atoms with Crippen molar-refractivity contribution in [1.82, 2.24) is 9.78 Å². The topological polar surface area (TPSA) is 37.8 Å². The molecule has 1 heterocycles. The van der Waals surface area contributed by atoms with E-state index in [4.69, 9.17) is 0 Å². The molecule has 2 aromatic carbocycles. The van der Waals surface area contributed by atoms with Crippen molar-refractivity contribution in [2.75, 3.05) is 0 Å². The predicted octanol–water partition coefficient (Wildman–Crippen LogP) is 4.57. The van der Waals surface area contributed by atoms with Gasteiger partial charge in [0, 0.05) is 11.1 Å². The maximum absolute atomic E-state index is 13.0. The molecule has 3 rings (SSSR count). The van der Waals surface area contributed by atoms with Gasteiger partial charge < -0.3 is 0 Å². The van der Waals surface area contributed by atoms with Crippen molar-refractivity contribution >= 4 is 0 Å². The number of rotatable bonds is 3. The Morgan fingerprint density at radius 3 is 2.13 bits per heavy atom. The molecule has 0 radical (unpaired) electrons. The molecule has 0 aliphatic carbocycles. The highest BCUT2D eigenvalue weighted by atomic mass is 16.1. The summed E-state index contributed by atoms with van der Waals surface area (Å²) in [5.41, 5.74) is 6.01. The monoisotopic (exact) mass is 306 g/mol. The summed E-state index contributed by atoms with van der Waals surface area (Å²) in [5, 5.41) is 3.35. The number of hydrogen-bond donors (Lipinski definition) is 1. The minimum Gasteiger partial charge on any atom is -0.290 e. The minimum atomic E-state index is 0.0348. The lowest BCUT2D eigenvalue weighted by Gasteiger charge is -2.08. The molecule has 0 saturated carbocycles. The number of aryl methyl sites for hydroxylation is 2. The molecule has 0 amide bonds. The van der Waals surface area contributed by atoms with Crippen molar-refractivity contribution in [3.8, 4) is 16.9 Å².